The van der Waals surface area contributed by atoms with Crippen LogP contribution in [-0.4, -0.2) is 29.6 Å². The highest BCUT2D eigenvalue weighted by molar-refractivity contribution is 7.17. The quantitative estimate of drug-likeness (QED) is 0.842. The van der Waals surface area contributed by atoms with Gasteiger partial charge in [-0.15, -0.1) is 22.7 Å². The first-order valence-electron chi connectivity index (χ1n) is 7.53. The highest BCUT2D eigenvalue weighted by Crippen LogP contribution is 2.51. The first-order valence-corrected chi connectivity index (χ1v) is 9.92. The van der Waals surface area contributed by atoms with Crippen LogP contribution in [0.1, 0.15) is 22.6 Å². The maximum Gasteiger partial charge on any atom is 0.137 e. The van der Waals surface area contributed by atoms with Gasteiger partial charge in [0.25, 0.3) is 0 Å². The van der Waals surface area contributed by atoms with Crippen molar-refractivity contribution in [3.05, 3.63) is 42.7 Å². The zero-order valence-electron chi connectivity index (χ0n) is 12.0. The van der Waals surface area contributed by atoms with Gasteiger partial charge < -0.3 is 10.0 Å². The Morgan fingerprint density at radius 3 is 1.91 bits per heavy atom. The second-order valence-electron chi connectivity index (χ2n) is 6.22. The van der Waals surface area contributed by atoms with Gasteiger partial charge in [-0.25, -0.2) is 0 Å². The van der Waals surface area contributed by atoms with Gasteiger partial charge in [0.1, 0.15) is 5.60 Å². The van der Waals surface area contributed by atoms with Crippen LogP contribution in [0, 0.1) is 11.8 Å². The molecule has 1 N–H and O–H groups in total. The zero-order chi connectivity index (χ0) is 15.3. The van der Waals surface area contributed by atoms with E-state index in [0.29, 0.717) is 5.92 Å². The second kappa shape index (κ2) is 5.76. The van der Waals surface area contributed by atoms with Gasteiger partial charge in [0, 0.05) is 22.2 Å². The van der Waals surface area contributed by atoms with Crippen LogP contribution in [0.25, 0.3) is 0 Å². The lowest BCUT2D eigenvalue weighted by molar-refractivity contribution is -0.0725. The summed E-state index contributed by atoms with van der Waals surface area (Å²) in [6.07, 6.45) is 2.34. The standard InChI is InChI=1S/C16H17Cl2NOS2/c17-14-3-1-12(21-14)16(20,13-2-4-15(18)22-13)11-9-19-7-5-10(11)6-8-19/h1-4,10-11,20H,5-9H2/t11-/m0/s1. The lowest BCUT2D eigenvalue weighted by atomic mass is 9.69. The van der Waals surface area contributed by atoms with Crippen LogP contribution in [-0.2, 0) is 5.60 Å². The van der Waals surface area contributed by atoms with Crippen molar-refractivity contribution in [2.75, 3.05) is 19.6 Å². The van der Waals surface area contributed by atoms with E-state index in [1.165, 1.54) is 35.5 Å². The molecule has 3 saturated heterocycles. The van der Waals surface area contributed by atoms with E-state index in [4.69, 9.17) is 23.2 Å². The summed E-state index contributed by atoms with van der Waals surface area (Å²) in [6, 6.07) is 7.70. The fourth-order valence-electron chi connectivity index (χ4n) is 3.96. The minimum Gasteiger partial charge on any atom is -0.378 e. The number of rotatable bonds is 3. The average molecular weight is 374 g/mol. The molecule has 3 fully saturated rings. The fourth-order valence-corrected chi connectivity index (χ4v) is 6.45. The Balaban J connectivity index is 1.81. The summed E-state index contributed by atoms with van der Waals surface area (Å²) < 4.78 is 1.44. The van der Waals surface area contributed by atoms with E-state index in [0.717, 1.165) is 38.1 Å². The van der Waals surface area contributed by atoms with Crippen molar-refractivity contribution in [2.45, 2.75) is 18.4 Å². The molecule has 118 valence electrons. The summed E-state index contributed by atoms with van der Waals surface area (Å²) >= 11 is 15.3. The summed E-state index contributed by atoms with van der Waals surface area (Å²) in [5.74, 6) is 0.774. The number of nitrogens with zero attached hydrogens (tertiary/aromatic N) is 1. The van der Waals surface area contributed by atoms with Crippen molar-refractivity contribution in [3.63, 3.8) is 0 Å². The van der Waals surface area contributed by atoms with Crippen molar-refractivity contribution in [1.29, 1.82) is 0 Å². The highest BCUT2D eigenvalue weighted by atomic mass is 35.5. The predicted molar refractivity (Wildman–Crippen MR) is 94.3 cm³/mol. The summed E-state index contributed by atoms with van der Waals surface area (Å²) in [5, 5.41) is 11.8. The second-order valence-corrected chi connectivity index (χ2v) is 9.65. The molecule has 3 aliphatic heterocycles. The molecule has 0 saturated carbocycles. The molecule has 0 unspecified atom stereocenters. The molecule has 0 aliphatic carbocycles. The van der Waals surface area contributed by atoms with Gasteiger partial charge in [-0.3, -0.25) is 0 Å². The number of aliphatic hydroxyl groups is 1. The van der Waals surface area contributed by atoms with Gasteiger partial charge in [-0.05, 0) is 56.1 Å². The minimum absolute atomic E-state index is 0.208. The van der Waals surface area contributed by atoms with Crippen molar-refractivity contribution in [1.82, 2.24) is 4.90 Å². The first kappa shape index (κ1) is 15.4. The molecule has 5 rings (SSSR count). The van der Waals surface area contributed by atoms with E-state index in [1.807, 2.05) is 24.3 Å². The van der Waals surface area contributed by atoms with Gasteiger partial charge in [-0.2, -0.15) is 0 Å². The van der Waals surface area contributed by atoms with Gasteiger partial charge in [-0.1, -0.05) is 23.2 Å². The molecule has 22 heavy (non-hydrogen) atoms. The molecule has 0 spiro atoms. The Kier molecular flexibility index (Phi) is 4.04. The van der Waals surface area contributed by atoms with E-state index < -0.39 is 5.60 Å². The normalized spacial score (nSPS) is 28.2. The Bertz CT molecular complexity index is 635. The van der Waals surface area contributed by atoms with E-state index in [1.54, 1.807) is 0 Å². The summed E-state index contributed by atoms with van der Waals surface area (Å²) in [6.45, 7) is 3.27. The molecule has 3 aliphatic rings. The SMILES string of the molecule is OC(c1ccc(Cl)s1)(c1ccc(Cl)s1)[C@H]1CN2CCC1CC2. The fraction of sp³-hybridized carbons (Fsp3) is 0.500. The van der Waals surface area contributed by atoms with Crippen molar-refractivity contribution >= 4 is 45.9 Å². The van der Waals surface area contributed by atoms with Gasteiger partial charge in [0.2, 0.25) is 0 Å². The lowest BCUT2D eigenvalue weighted by Crippen LogP contribution is -2.55. The smallest absolute Gasteiger partial charge is 0.137 e. The molecule has 6 heteroatoms. The topological polar surface area (TPSA) is 23.5 Å². The Labute approximate surface area is 148 Å². The minimum atomic E-state index is -0.973. The molecule has 2 aromatic rings. The number of piperidine rings is 3. The summed E-state index contributed by atoms with van der Waals surface area (Å²) in [4.78, 5) is 4.35. The van der Waals surface area contributed by atoms with Crippen LogP contribution in [0.15, 0.2) is 24.3 Å². The maximum atomic E-state index is 11.8. The number of hydrogen-bond acceptors (Lipinski definition) is 4. The van der Waals surface area contributed by atoms with Crippen LogP contribution >= 0.6 is 45.9 Å². The van der Waals surface area contributed by atoms with Crippen molar-refractivity contribution < 1.29 is 5.11 Å². The number of hydrogen-bond donors (Lipinski definition) is 1. The third-order valence-corrected chi connectivity index (χ3v) is 7.80. The van der Waals surface area contributed by atoms with Crippen LogP contribution in [0.3, 0.4) is 0 Å². The molecule has 2 nitrogen and oxygen atoms in total. The van der Waals surface area contributed by atoms with Crippen LogP contribution in [0.5, 0.6) is 0 Å². The summed E-state index contributed by atoms with van der Waals surface area (Å²) in [7, 11) is 0. The molecule has 0 radical (unpaired) electrons. The molecule has 0 aromatic carbocycles. The van der Waals surface area contributed by atoms with E-state index in [2.05, 4.69) is 4.90 Å². The van der Waals surface area contributed by atoms with Crippen molar-refractivity contribution in [3.8, 4) is 0 Å². The van der Waals surface area contributed by atoms with E-state index in [-0.39, 0.29) is 5.92 Å². The third-order valence-electron chi connectivity index (χ3n) is 5.09. The summed E-state index contributed by atoms with van der Waals surface area (Å²) in [5.41, 5.74) is -0.973. The largest absolute Gasteiger partial charge is 0.378 e. The molecule has 1 atom stereocenters. The molecule has 0 amide bonds. The zero-order valence-corrected chi connectivity index (χ0v) is 15.1. The molecule has 2 bridgehead atoms. The van der Waals surface area contributed by atoms with Crippen molar-refractivity contribution in [2.24, 2.45) is 11.8 Å². The van der Waals surface area contributed by atoms with Crippen LogP contribution in [0.4, 0.5) is 0 Å². The average Bonchev–Trinajstić information content (AvgIpc) is 3.17. The Hall–Kier alpha value is -0.100. The van der Waals surface area contributed by atoms with Gasteiger partial charge in [0.15, 0.2) is 0 Å². The lowest BCUT2D eigenvalue weighted by Gasteiger charge is -2.50. The molecule has 2 aromatic heterocycles. The number of halogens is 2. The maximum absolute atomic E-state index is 11.8. The molecular formula is C16H17Cl2NOS2. The van der Waals surface area contributed by atoms with Gasteiger partial charge in [0.05, 0.1) is 8.67 Å². The third kappa shape index (κ3) is 2.45. The number of fused-ring (bicyclic) bond motifs is 3. The van der Waals surface area contributed by atoms with Gasteiger partial charge >= 0.3 is 0 Å². The predicted octanol–water partition coefficient (Wildman–Crippen LogP) is 4.69. The van der Waals surface area contributed by atoms with Crippen LogP contribution < -0.4 is 0 Å². The Morgan fingerprint density at radius 2 is 1.55 bits per heavy atom. The Morgan fingerprint density at radius 1 is 1.00 bits per heavy atom. The highest BCUT2D eigenvalue weighted by Gasteiger charge is 2.50. The van der Waals surface area contributed by atoms with Crippen LogP contribution in [0.2, 0.25) is 8.67 Å². The number of thiophene rings is 2. The monoisotopic (exact) mass is 373 g/mol. The molecular weight excluding hydrogens is 357 g/mol. The van der Waals surface area contributed by atoms with E-state index >= 15 is 0 Å². The first-order chi connectivity index (χ1) is 10.6. The molecule has 5 heterocycles. The van der Waals surface area contributed by atoms with E-state index in [9.17, 15) is 5.11 Å².